The van der Waals surface area contributed by atoms with Crippen LogP contribution in [0, 0.1) is 10.1 Å². The lowest BCUT2D eigenvalue weighted by molar-refractivity contribution is -0.385. The normalized spacial score (nSPS) is 10.5. The maximum Gasteiger partial charge on any atom is 0.275 e. The molecule has 0 fully saturated rings. The maximum atomic E-state index is 10.9. The number of nitro benzene ring substituents is 1. The van der Waals surface area contributed by atoms with Crippen molar-refractivity contribution in [1.82, 2.24) is 5.32 Å². The summed E-state index contributed by atoms with van der Waals surface area (Å²) in [5.41, 5.74) is 1.50. The van der Waals surface area contributed by atoms with E-state index in [1.807, 2.05) is 6.07 Å². The van der Waals surface area contributed by atoms with Gasteiger partial charge in [-0.05, 0) is 12.1 Å². The van der Waals surface area contributed by atoms with Gasteiger partial charge in [0, 0.05) is 24.7 Å². The van der Waals surface area contributed by atoms with Crippen LogP contribution in [0.3, 0.4) is 0 Å². The van der Waals surface area contributed by atoms with Crippen molar-refractivity contribution in [2.45, 2.75) is 13.1 Å². The fraction of sp³-hybridized carbons (Fsp3) is 0.167. The minimum absolute atomic E-state index is 0.0298. The molecule has 2 rings (SSSR count). The molecule has 94 valence electrons. The Balaban J connectivity index is 2.06. The van der Waals surface area contributed by atoms with Gasteiger partial charge in [0.1, 0.15) is 0 Å². The van der Waals surface area contributed by atoms with E-state index in [-0.39, 0.29) is 5.69 Å². The lowest BCUT2D eigenvalue weighted by Gasteiger charge is -2.06. The Hall–Kier alpha value is -1.85. The van der Waals surface area contributed by atoms with E-state index in [4.69, 9.17) is 16.0 Å². The van der Waals surface area contributed by atoms with Crippen molar-refractivity contribution < 1.29 is 9.34 Å². The van der Waals surface area contributed by atoms with E-state index in [0.29, 0.717) is 23.7 Å². The molecular weight excluding hydrogens is 256 g/mol. The van der Waals surface area contributed by atoms with Crippen LogP contribution in [-0.4, -0.2) is 4.92 Å². The fourth-order valence-electron chi connectivity index (χ4n) is 1.62. The lowest BCUT2D eigenvalue weighted by Crippen LogP contribution is -2.13. The second kappa shape index (κ2) is 5.66. The molecule has 0 aliphatic heterocycles. The van der Waals surface area contributed by atoms with E-state index in [1.54, 1.807) is 24.7 Å². The Morgan fingerprint density at radius 3 is 2.83 bits per heavy atom. The molecule has 0 spiro atoms. The van der Waals surface area contributed by atoms with Crippen molar-refractivity contribution in [1.29, 1.82) is 0 Å². The molecule has 0 saturated carbocycles. The van der Waals surface area contributed by atoms with Crippen molar-refractivity contribution in [3.63, 3.8) is 0 Å². The number of nitrogens with one attached hydrogen (secondary N) is 1. The Morgan fingerprint density at radius 1 is 1.33 bits per heavy atom. The van der Waals surface area contributed by atoms with Crippen LogP contribution in [0.4, 0.5) is 5.69 Å². The van der Waals surface area contributed by atoms with Crippen LogP contribution in [0.5, 0.6) is 0 Å². The summed E-state index contributed by atoms with van der Waals surface area (Å²) in [7, 11) is 0. The average Bonchev–Trinajstić information content (AvgIpc) is 2.84. The molecule has 2 aromatic rings. The Morgan fingerprint density at radius 2 is 2.17 bits per heavy atom. The number of hydrogen-bond acceptors (Lipinski definition) is 4. The largest absolute Gasteiger partial charge is 0.472 e. The van der Waals surface area contributed by atoms with Gasteiger partial charge >= 0.3 is 0 Å². The van der Waals surface area contributed by atoms with Gasteiger partial charge in [-0.15, -0.1) is 0 Å². The Labute approximate surface area is 109 Å². The fourth-order valence-corrected chi connectivity index (χ4v) is 1.85. The van der Waals surface area contributed by atoms with Crippen LogP contribution in [0.2, 0.25) is 5.02 Å². The molecule has 0 aliphatic rings. The minimum Gasteiger partial charge on any atom is -0.472 e. The molecule has 0 atom stereocenters. The van der Waals surface area contributed by atoms with Gasteiger partial charge in [0.05, 0.1) is 28.0 Å². The molecule has 18 heavy (non-hydrogen) atoms. The maximum absolute atomic E-state index is 10.9. The zero-order valence-corrected chi connectivity index (χ0v) is 10.2. The first-order valence-corrected chi connectivity index (χ1v) is 5.70. The highest BCUT2D eigenvalue weighted by molar-refractivity contribution is 6.31. The number of benzene rings is 1. The highest BCUT2D eigenvalue weighted by Gasteiger charge is 2.15. The highest BCUT2D eigenvalue weighted by atomic mass is 35.5. The second-order valence-corrected chi connectivity index (χ2v) is 4.14. The second-order valence-electron chi connectivity index (χ2n) is 3.73. The molecule has 0 unspecified atom stereocenters. The monoisotopic (exact) mass is 266 g/mol. The van der Waals surface area contributed by atoms with Crippen molar-refractivity contribution in [3.8, 4) is 0 Å². The number of nitrogens with zero attached hydrogens (tertiary/aromatic N) is 1. The van der Waals surface area contributed by atoms with Crippen molar-refractivity contribution in [2.75, 3.05) is 0 Å². The van der Waals surface area contributed by atoms with Gasteiger partial charge in [0.25, 0.3) is 5.69 Å². The van der Waals surface area contributed by atoms with Crippen LogP contribution in [0.1, 0.15) is 11.1 Å². The number of furan rings is 1. The molecule has 1 aromatic heterocycles. The third kappa shape index (κ3) is 2.88. The Bertz CT molecular complexity index is 540. The molecule has 6 heteroatoms. The van der Waals surface area contributed by atoms with E-state index in [0.717, 1.165) is 5.56 Å². The number of nitro groups is 1. The molecular formula is C12H11ClN2O3. The first-order valence-electron chi connectivity index (χ1n) is 5.32. The van der Waals surface area contributed by atoms with Crippen LogP contribution < -0.4 is 5.32 Å². The summed E-state index contributed by atoms with van der Waals surface area (Å²) >= 11 is 5.97. The smallest absolute Gasteiger partial charge is 0.275 e. The SMILES string of the molecule is O=[N+]([O-])c1cccc(Cl)c1CNCc1ccoc1. The van der Waals surface area contributed by atoms with Gasteiger partial charge in [0.15, 0.2) is 0 Å². The van der Waals surface area contributed by atoms with Crippen molar-refractivity contribution >= 4 is 17.3 Å². The summed E-state index contributed by atoms with van der Waals surface area (Å²) in [6.07, 6.45) is 3.20. The summed E-state index contributed by atoms with van der Waals surface area (Å²) in [5, 5.41) is 14.4. The molecule has 0 radical (unpaired) electrons. The van der Waals surface area contributed by atoms with E-state index < -0.39 is 4.92 Å². The molecule has 5 nitrogen and oxygen atoms in total. The van der Waals surface area contributed by atoms with Gasteiger partial charge < -0.3 is 9.73 Å². The first kappa shape index (κ1) is 12.6. The van der Waals surface area contributed by atoms with Crippen LogP contribution >= 0.6 is 11.6 Å². The van der Waals surface area contributed by atoms with E-state index in [9.17, 15) is 10.1 Å². The third-order valence-corrected chi connectivity index (χ3v) is 2.86. The van der Waals surface area contributed by atoms with E-state index in [1.165, 1.54) is 6.07 Å². The molecule has 1 aromatic carbocycles. The van der Waals surface area contributed by atoms with Gasteiger partial charge in [-0.2, -0.15) is 0 Å². The molecule has 0 amide bonds. The summed E-state index contributed by atoms with van der Waals surface area (Å²) in [6.45, 7) is 0.903. The number of halogens is 1. The van der Waals surface area contributed by atoms with Crippen LogP contribution in [0.25, 0.3) is 0 Å². The van der Waals surface area contributed by atoms with E-state index >= 15 is 0 Å². The molecule has 0 aliphatic carbocycles. The van der Waals surface area contributed by atoms with Crippen LogP contribution in [-0.2, 0) is 13.1 Å². The molecule has 0 bridgehead atoms. The predicted octanol–water partition coefficient (Wildman–Crippen LogP) is 3.13. The summed E-state index contributed by atoms with van der Waals surface area (Å²) < 4.78 is 4.93. The van der Waals surface area contributed by atoms with Gasteiger partial charge in [-0.1, -0.05) is 17.7 Å². The number of rotatable bonds is 5. The van der Waals surface area contributed by atoms with E-state index in [2.05, 4.69) is 5.32 Å². The predicted molar refractivity (Wildman–Crippen MR) is 67.4 cm³/mol. The van der Waals surface area contributed by atoms with Gasteiger partial charge in [0.2, 0.25) is 0 Å². The van der Waals surface area contributed by atoms with Crippen molar-refractivity contribution in [3.05, 3.63) is 63.1 Å². The molecule has 1 heterocycles. The summed E-state index contributed by atoms with van der Waals surface area (Å²) in [5.74, 6) is 0. The summed E-state index contributed by atoms with van der Waals surface area (Å²) in [4.78, 5) is 10.4. The average molecular weight is 267 g/mol. The first-order chi connectivity index (χ1) is 8.68. The van der Waals surface area contributed by atoms with Crippen LogP contribution in [0.15, 0.2) is 41.2 Å². The molecule has 1 N–H and O–H groups in total. The molecule has 0 saturated heterocycles. The quantitative estimate of drug-likeness (QED) is 0.667. The zero-order chi connectivity index (χ0) is 13.0. The topological polar surface area (TPSA) is 68.3 Å². The highest BCUT2D eigenvalue weighted by Crippen LogP contribution is 2.25. The third-order valence-electron chi connectivity index (χ3n) is 2.50. The summed E-state index contributed by atoms with van der Waals surface area (Å²) in [6, 6.07) is 6.48. The van der Waals surface area contributed by atoms with Gasteiger partial charge in [-0.3, -0.25) is 10.1 Å². The minimum atomic E-state index is -0.430. The standard InChI is InChI=1S/C12H11ClN2O3/c13-11-2-1-3-12(15(16)17)10(11)7-14-6-9-4-5-18-8-9/h1-5,8,14H,6-7H2. The van der Waals surface area contributed by atoms with Crippen molar-refractivity contribution in [2.24, 2.45) is 0 Å². The number of hydrogen-bond donors (Lipinski definition) is 1. The zero-order valence-electron chi connectivity index (χ0n) is 9.43. The van der Waals surface area contributed by atoms with Gasteiger partial charge in [-0.25, -0.2) is 0 Å². The lowest BCUT2D eigenvalue weighted by atomic mass is 10.1. The Kier molecular flexibility index (Phi) is 3.96.